The molecular weight excluding hydrogens is 236 g/mol. The Morgan fingerprint density at radius 1 is 1.37 bits per heavy atom. The van der Waals surface area contributed by atoms with Gasteiger partial charge in [-0.25, -0.2) is 0 Å². The number of piperidine rings is 1. The SMILES string of the molecule is CCCNC1CCN(Cc2cnc(C)cn2)C(C)C1. The van der Waals surface area contributed by atoms with Gasteiger partial charge in [-0.3, -0.25) is 14.9 Å². The minimum absolute atomic E-state index is 0.617. The first kappa shape index (κ1) is 14.4. The zero-order valence-corrected chi connectivity index (χ0v) is 12.4. The van der Waals surface area contributed by atoms with Crippen LogP contribution in [0, 0.1) is 6.92 Å². The third-order valence-electron chi connectivity index (χ3n) is 3.90. The van der Waals surface area contributed by atoms with Crippen LogP contribution in [-0.2, 0) is 6.54 Å². The van der Waals surface area contributed by atoms with Crippen molar-refractivity contribution in [3.8, 4) is 0 Å². The first-order chi connectivity index (χ1) is 9.19. The van der Waals surface area contributed by atoms with Crippen LogP contribution in [0.4, 0.5) is 0 Å². The van der Waals surface area contributed by atoms with Gasteiger partial charge in [0.05, 0.1) is 11.4 Å². The lowest BCUT2D eigenvalue weighted by Gasteiger charge is -2.37. The maximum absolute atomic E-state index is 4.46. The van der Waals surface area contributed by atoms with E-state index in [1.54, 1.807) is 0 Å². The van der Waals surface area contributed by atoms with Crippen molar-refractivity contribution in [1.82, 2.24) is 20.2 Å². The molecule has 0 spiro atoms. The fourth-order valence-corrected chi connectivity index (χ4v) is 2.70. The molecule has 0 radical (unpaired) electrons. The Balaban J connectivity index is 1.84. The van der Waals surface area contributed by atoms with Crippen molar-refractivity contribution >= 4 is 0 Å². The maximum Gasteiger partial charge on any atom is 0.0727 e. The average Bonchev–Trinajstić information content (AvgIpc) is 2.41. The molecule has 2 unspecified atom stereocenters. The van der Waals surface area contributed by atoms with Gasteiger partial charge in [0.25, 0.3) is 0 Å². The van der Waals surface area contributed by atoms with Gasteiger partial charge < -0.3 is 5.32 Å². The molecule has 19 heavy (non-hydrogen) atoms. The second kappa shape index (κ2) is 6.96. The van der Waals surface area contributed by atoms with Crippen LogP contribution in [0.25, 0.3) is 0 Å². The van der Waals surface area contributed by atoms with Gasteiger partial charge in [-0.1, -0.05) is 6.92 Å². The van der Waals surface area contributed by atoms with Crippen LogP contribution in [0.1, 0.15) is 44.5 Å². The molecular formula is C15H26N4. The molecule has 0 saturated carbocycles. The van der Waals surface area contributed by atoms with E-state index in [0.717, 1.165) is 31.0 Å². The summed E-state index contributed by atoms with van der Waals surface area (Å²) in [6, 6.07) is 1.31. The summed E-state index contributed by atoms with van der Waals surface area (Å²) in [4.78, 5) is 11.3. The molecule has 4 heteroatoms. The largest absolute Gasteiger partial charge is 0.314 e. The molecule has 0 aliphatic carbocycles. The van der Waals surface area contributed by atoms with Gasteiger partial charge in [-0.2, -0.15) is 0 Å². The summed E-state index contributed by atoms with van der Waals surface area (Å²) >= 11 is 0. The van der Waals surface area contributed by atoms with Gasteiger partial charge in [-0.15, -0.1) is 0 Å². The van der Waals surface area contributed by atoms with E-state index >= 15 is 0 Å². The number of aryl methyl sites for hydroxylation is 1. The zero-order valence-electron chi connectivity index (χ0n) is 12.4. The van der Waals surface area contributed by atoms with E-state index in [-0.39, 0.29) is 0 Å². The molecule has 1 aromatic rings. The topological polar surface area (TPSA) is 41.0 Å². The summed E-state index contributed by atoms with van der Waals surface area (Å²) in [6.07, 6.45) is 7.45. The van der Waals surface area contributed by atoms with E-state index in [1.165, 1.54) is 19.3 Å². The van der Waals surface area contributed by atoms with Gasteiger partial charge in [0.2, 0.25) is 0 Å². The van der Waals surface area contributed by atoms with Crippen molar-refractivity contribution in [1.29, 1.82) is 0 Å². The number of rotatable bonds is 5. The Morgan fingerprint density at radius 3 is 2.84 bits per heavy atom. The lowest BCUT2D eigenvalue weighted by atomic mass is 9.98. The molecule has 0 amide bonds. The minimum Gasteiger partial charge on any atom is -0.314 e. The lowest BCUT2D eigenvalue weighted by Crippen LogP contribution is -2.47. The molecule has 1 saturated heterocycles. The monoisotopic (exact) mass is 262 g/mol. The Hall–Kier alpha value is -1.00. The van der Waals surface area contributed by atoms with E-state index in [4.69, 9.17) is 0 Å². The summed E-state index contributed by atoms with van der Waals surface area (Å²) in [5.41, 5.74) is 2.07. The number of nitrogens with zero attached hydrogens (tertiary/aromatic N) is 3. The third kappa shape index (κ3) is 4.25. The van der Waals surface area contributed by atoms with Gasteiger partial charge in [0.15, 0.2) is 0 Å². The first-order valence-corrected chi connectivity index (χ1v) is 7.44. The Bertz CT molecular complexity index is 376. The predicted octanol–water partition coefficient (Wildman–Crippen LogP) is 2.14. The van der Waals surface area contributed by atoms with Gasteiger partial charge in [0.1, 0.15) is 0 Å². The van der Waals surface area contributed by atoms with Gasteiger partial charge in [0, 0.05) is 37.6 Å². The number of likely N-dealkylation sites (tertiary alicyclic amines) is 1. The molecule has 2 rings (SSSR count). The summed E-state index contributed by atoms with van der Waals surface area (Å²) < 4.78 is 0. The van der Waals surface area contributed by atoms with Crippen LogP contribution in [0.15, 0.2) is 12.4 Å². The Labute approximate surface area is 116 Å². The summed E-state index contributed by atoms with van der Waals surface area (Å²) in [7, 11) is 0. The van der Waals surface area contributed by atoms with E-state index in [0.29, 0.717) is 12.1 Å². The minimum atomic E-state index is 0.617. The van der Waals surface area contributed by atoms with Crippen molar-refractivity contribution in [2.24, 2.45) is 0 Å². The van der Waals surface area contributed by atoms with Gasteiger partial charge in [-0.05, 0) is 39.7 Å². The highest BCUT2D eigenvalue weighted by atomic mass is 15.2. The van der Waals surface area contributed by atoms with Gasteiger partial charge >= 0.3 is 0 Å². The van der Waals surface area contributed by atoms with Crippen molar-refractivity contribution in [2.75, 3.05) is 13.1 Å². The smallest absolute Gasteiger partial charge is 0.0727 e. The van der Waals surface area contributed by atoms with Crippen LogP contribution in [-0.4, -0.2) is 40.0 Å². The van der Waals surface area contributed by atoms with Crippen molar-refractivity contribution in [3.05, 3.63) is 23.8 Å². The van der Waals surface area contributed by atoms with E-state index in [1.807, 2.05) is 19.3 Å². The summed E-state index contributed by atoms with van der Waals surface area (Å²) in [6.45, 7) is 9.74. The van der Waals surface area contributed by atoms with E-state index in [2.05, 4.69) is 34.0 Å². The fourth-order valence-electron chi connectivity index (χ4n) is 2.70. The standard InChI is InChI=1S/C15H26N4/c1-4-6-16-14-5-7-19(13(3)8-14)11-15-10-17-12(2)9-18-15/h9-10,13-14,16H,4-8,11H2,1-3H3. The highest BCUT2D eigenvalue weighted by Crippen LogP contribution is 2.19. The molecule has 1 N–H and O–H groups in total. The number of hydrogen-bond acceptors (Lipinski definition) is 4. The molecule has 0 bridgehead atoms. The van der Waals surface area contributed by atoms with E-state index < -0.39 is 0 Å². The Kier molecular flexibility index (Phi) is 5.28. The molecule has 1 aliphatic rings. The highest BCUT2D eigenvalue weighted by Gasteiger charge is 2.25. The molecule has 1 aliphatic heterocycles. The maximum atomic E-state index is 4.46. The molecule has 2 atom stereocenters. The third-order valence-corrected chi connectivity index (χ3v) is 3.90. The second-order valence-electron chi connectivity index (χ2n) is 5.64. The van der Waals surface area contributed by atoms with Crippen LogP contribution in [0.3, 0.4) is 0 Å². The average molecular weight is 262 g/mol. The summed E-state index contributed by atoms with van der Waals surface area (Å²) in [5, 5.41) is 3.64. The zero-order chi connectivity index (χ0) is 13.7. The quantitative estimate of drug-likeness (QED) is 0.882. The van der Waals surface area contributed by atoms with E-state index in [9.17, 15) is 0 Å². The highest BCUT2D eigenvalue weighted by molar-refractivity contribution is 5.01. The van der Waals surface area contributed by atoms with Crippen molar-refractivity contribution in [3.63, 3.8) is 0 Å². The molecule has 1 aromatic heterocycles. The normalized spacial score (nSPS) is 24.6. The van der Waals surface area contributed by atoms with Crippen LogP contribution in [0.5, 0.6) is 0 Å². The lowest BCUT2D eigenvalue weighted by molar-refractivity contribution is 0.127. The number of hydrogen-bond donors (Lipinski definition) is 1. The number of nitrogens with one attached hydrogen (secondary N) is 1. The Morgan fingerprint density at radius 2 is 2.21 bits per heavy atom. The summed E-state index contributed by atoms with van der Waals surface area (Å²) in [5.74, 6) is 0. The van der Waals surface area contributed by atoms with Crippen LogP contribution < -0.4 is 5.32 Å². The van der Waals surface area contributed by atoms with Crippen LogP contribution >= 0.6 is 0 Å². The van der Waals surface area contributed by atoms with Crippen molar-refractivity contribution < 1.29 is 0 Å². The fraction of sp³-hybridized carbons (Fsp3) is 0.733. The predicted molar refractivity (Wildman–Crippen MR) is 78.0 cm³/mol. The van der Waals surface area contributed by atoms with Crippen LogP contribution in [0.2, 0.25) is 0 Å². The first-order valence-electron chi connectivity index (χ1n) is 7.44. The number of aromatic nitrogens is 2. The van der Waals surface area contributed by atoms with Crippen molar-refractivity contribution in [2.45, 2.75) is 58.7 Å². The molecule has 4 nitrogen and oxygen atoms in total. The molecule has 106 valence electrons. The molecule has 1 fully saturated rings. The molecule has 0 aromatic carbocycles. The second-order valence-corrected chi connectivity index (χ2v) is 5.64. The molecule has 2 heterocycles.